The number of hydrogen-bond donors (Lipinski definition) is 10. The van der Waals surface area contributed by atoms with Gasteiger partial charge in [0.15, 0.2) is 0 Å². The Hall–Kier alpha value is -4.57. The molecule has 2 aromatic rings. The zero-order valence-corrected chi connectivity index (χ0v) is 24.4. The van der Waals surface area contributed by atoms with E-state index >= 15 is 0 Å². The van der Waals surface area contributed by atoms with Gasteiger partial charge in [0, 0.05) is 6.54 Å². The molecule has 4 atom stereocenters. The number of primary amides is 1. The molecule has 0 radical (unpaired) electrons. The lowest BCUT2D eigenvalue weighted by molar-refractivity contribution is -0.139. The summed E-state index contributed by atoms with van der Waals surface area (Å²) in [4.78, 5) is 51.2. The average molecular weight is 621 g/mol. The topological polar surface area (TPSA) is 294 Å². The highest BCUT2D eigenvalue weighted by Crippen LogP contribution is 2.04. The molecule has 1 aliphatic heterocycles. The van der Waals surface area contributed by atoms with Gasteiger partial charge in [-0.25, -0.2) is 4.79 Å². The van der Waals surface area contributed by atoms with E-state index in [9.17, 15) is 24.0 Å². The number of nitrogens with one attached hydrogen (secondary N) is 2. The third-order valence-electron chi connectivity index (χ3n) is 5.90. The largest absolute Gasteiger partial charge is 0.480 e. The van der Waals surface area contributed by atoms with Crippen LogP contribution in [-0.2, 0) is 32.0 Å². The summed E-state index contributed by atoms with van der Waals surface area (Å²) in [5.41, 5.74) is 22.6. The van der Waals surface area contributed by atoms with Gasteiger partial charge in [0.2, 0.25) is 0 Å². The van der Waals surface area contributed by atoms with E-state index in [1.54, 1.807) is 0 Å². The maximum atomic E-state index is 10.4. The molecule has 1 heterocycles. The van der Waals surface area contributed by atoms with Crippen molar-refractivity contribution in [3.8, 4) is 0 Å². The number of benzene rings is 2. The molecule has 3 rings (SSSR count). The Morgan fingerprint density at radius 3 is 1.48 bits per heavy atom. The molecule has 1 fully saturated rings. The number of carbonyl (C=O) groups excluding carboxylic acids is 1. The van der Waals surface area contributed by atoms with Crippen LogP contribution in [0.1, 0.15) is 36.8 Å². The Labute approximate surface area is 255 Å². The molecule has 1 saturated heterocycles. The first kappa shape index (κ1) is 39.4. The number of nitrogens with two attached hydrogens (primary N) is 4. The lowest BCUT2D eigenvalue weighted by atomic mass is 10.1. The summed E-state index contributed by atoms with van der Waals surface area (Å²) in [6.45, 7) is 1.22. The van der Waals surface area contributed by atoms with Crippen LogP contribution >= 0.6 is 0 Å². The van der Waals surface area contributed by atoms with E-state index in [1.807, 2.05) is 60.7 Å². The lowest BCUT2D eigenvalue weighted by Gasteiger charge is -2.05. The van der Waals surface area contributed by atoms with Crippen LogP contribution in [-0.4, -0.2) is 87.6 Å². The highest BCUT2D eigenvalue weighted by Gasteiger charge is 2.20. The molecule has 14 N–H and O–H groups in total. The van der Waals surface area contributed by atoms with Crippen LogP contribution in [0.5, 0.6) is 0 Å². The molecule has 15 nitrogen and oxygen atoms in total. The van der Waals surface area contributed by atoms with Crippen molar-refractivity contribution in [2.75, 3.05) is 13.1 Å². The molecular formula is C29H44N6O9. The SMILES string of the molecule is NC(=O)NCCCC(N)C(=O)O.NC(Cc1ccccc1)C(=O)O.NC(Cc1ccccc1)C(=O)O.O=C(O)[C@@H]1CCCN1. The molecule has 0 spiro atoms. The highest BCUT2D eigenvalue weighted by atomic mass is 16.4. The van der Waals surface area contributed by atoms with Crippen molar-refractivity contribution < 1.29 is 44.4 Å². The van der Waals surface area contributed by atoms with Crippen LogP contribution in [0.3, 0.4) is 0 Å². The summed E-state index contributed by atoms with van der Waals surface area (Å²) < 4.78 is 0. The van der Waals surface area contributed by atoms with E-state index in [-0.39, 0.29) is 6.04 Å². The van der Waals surface area contributed by atoms with Gasteiger partial charge in [-0.2, -0.15) is 0 Å². The van der Waals surface area contributed by atoms with Crippen LogP contribution in [0.2, 0.25) is 0 Å². The van der Waals surface area contributed by atoms with Crippen LogP contribution in [0.25, 0.3) is 0 Å². The van der Waals surface area contributed by atoms with E-state index in [0.717, 1.165) is 30.5 Å². The summed E-state index contributed by atoms with van der Waals surface area (Å²) in [6.07, 6.45) is 3.39. The van der Waals surface area contributed by atoms with Crippen molar-refractivity contribution in [1.29, 1.82) is 0 Å². The second-order valence-electron chi connectivity index (χ2n) is 9.63. The molecule has 0 aromatic heterocycles. The molecular weight excluding hydrogens is 576 g/mol. The molecule has 3 unspecified atom stereocenters. The van der Waals surface area contributed by atoms with Crippen molar-refractivity contribution in [2.45, 2.75) is 62.7 Å². The fourth-order valence-electron chi connectivity index (χ4n) is 3.46. The second-order valence-corrected chi connectivity index (χ2v) is 9.63. The van der Waals surface area contributed by atoms with Crippen molar-refractivity contribution in [3.63, 3.8) is 0 Å². The van der Waals surface area contributed by atoms with Crippen LogP contribution in [0, 0.1) is 0 Å². The number of rotatable bonds is 12. The quantitative estimate of drug-likeness (QED) is 0.139. The maximum absolute atomic E-state index is 10.4. The zero-order valence-electron chi connectivity index (χ0n) is 24.4. The normalized spacial score (nSPS) is 15.2. The fourth-order valence-corrected chi connectivity index (χ4v) is 3.46. The summed E-state index contributed by atoms with van der Waals surface area (Å²) in [5.74, 6) is -3.67. The predicted octanol–water partition coefficient (Wildman–Crippen LogP) is -0.0482. The zero-order chi connectivity index (χ0) is 33.5. The number of carbonyl (C=O) groups is 5. The molecule has 2 aromatic carbocycles. The molecule has 2 amide bonds. The molecule has 0 saturated carbocycles. The summed E-state index contributed by atoms with van der Waals surface area (Å²) >= 11 is 0. The predicted molar refractivity (Wildman–Crippen MR) is 163 cm³/mol. The number of aliphatic carboxylic acids is 4. The first-order chi connectivity index (χ1) is 20.7. The van der Waals surface area contributed by atoms with Crippen LogP contribution in [0.4, 0.5) is 4.79 Å². The van der Waals surface area contributed by atoms with Gasteiger partial charge in [-0.3, -0.25) is 19.2 Å². The minimum absolute atomic E-state index is 0.269. The third kappa shape index (κ3) is 20.3. The van der Waals surface area contributed by atoms with Gasteiger partial charge >= 0.3 is 29.9 Å². The smallest absolute Gasteiger partial charge is 0.320 e. The van der Waals surface area contributed by atoms with E-state index < -0.39 is 48.0 Å². The van der Waals surface area contributed by atoms with Crippen LogP contribution < -0.4 is 33.6 Å². The van der Waals surface area contributed by atoms with Gasteiger partial charge in [-0.05, 0) is 56.2 Å². The Bertz CT molecular complexity index is 1080. The monoisotopic (exact) mass is 620 g/mol. The first-order valence-electron chi connectivity index (χ1n) is 13.8. The fraction of sp³-hybridized carbons (Fsp3) is 0.414. The highest BCUT2D eigenvalue weighted by molar-refractivity contribution is 5.74. The van der Waals surface area contributed by atoms with Gasteiger partial charge in [-0.1, -0.05) is 60.7 Å². The standard InChI is InChI=1S/2C9H11NO2.C6H13N3O3.C5H9NO2/c2*10-8(9(11)12)6-7-4-2-1-3-5-7;7-4(5(10)11)2-1-3-9-6(8)12;7-5(8)4-2-1-3-6-4/h2*1-5,8H,6,10H2,(H,11,12);4H,1-3,7H2,(H,10,11)(H3,8,9,12);4,6H,1-3H2,(H,7,8)/t;;;4-/m...0/s1. The number of carboxylic acid groups (broad SMARTS) is 4. The minimum atomic E-state index is -1.03. The number of carboxylic acids is 4. The van der Waals surface area contributed by atoms with E-state index in [2.05, 4.69) is 10.6 Å². The Balaban J connectivity index is 0.000000566. The Morgan fingerprint density at radius 1 is 0.750 bits per heavy atom. The number of urea groups is 1. The molecule has 0 aliphatic carbocycles. The Morgan fingerprint density at radius 2 is 1.18 bits per heavy atom. The van der Waals surface area contributed by atoms with Crippen molar-refractivity contribution in [2.24, 2.45) is 22.9 Å². The molecule has 244 valence electrons. The van der Waals surface area contributed by atoms with Crippen molar-refractivity contribution >= 4 is 29.9 Å². The molecule has 44 heavy (non-hydrogen) atoms. The summed E-state index contributed by atoms with van der Waals surface area (Å²) in [7, 11) is 0. The Kier molecular flexibility index (Phi) is 20.6. The van der Waals surface area contributed by atoms with E-state index in [1.165, 1.54) is 0 Å². The van der Waals surface area contributed by atoms with E-state index in [0.29, 0.717) is 32.2 Å². The van der Waals surface area contributed by atoms with Crippen LogP contribution in [0.15, 0.2) is 60.7 Å². The molecule has 0 bridgehead atoms. The first-order valence-corrected chi connectivity index (χ1v) is 13.8. The lowest BCUT2D eigenvalue weighted by Crippen LogP contribution is -2.33. The third-order valence-corrected chi connectivity index (χ3v) is 5.90. The average Bonchev–Trinajstić information content (AvgIpc) is 3.53. The van der Waals surface area contributed by atoms with Gasteiger partial charge < -0.3 is 54.0 Å². The minimum Gasteiger partial charge on any atom is -0.480 e. The van der Waals surface area contributed by atoms with Crippen molar-refractivity contribution in [3.05, 3.63) is 71.8 Å². The number of hydrogen-bond acceptors (Lipinski definition) is 9. The van der Waals surface area contributed by atoms with Gasteiger partial charge in [0.05, 0.1) is 0 Å². The van der Waals surface area contributed by atoms with Crippen molar-refractivity contribution in [1.82, 2.24) is 10.6 Å². The van der Waals surface area contributed by atoms with Gasteiger partial charge in [0.25, 0.3) is 0 Å². The number of amides is 2. The molecule has 1 aliphatic rings. The second kappa shape index (κ2) is 23.0. The summed E-state index contributed by atoms with van der Waals surface area (Å²) in [5, 5.41) is 38.9. The van der Waals surface area contributed by atoms with E-state index in [4.69, 9.17) is 43.4 Å². The van der Waals surface area contributed by atoms with Gasteiger partial charge in [0.1, 0.15) is 24.2 Å². The van der Waals surface area contributed by atoms with Gasteiger partial charge in [-0.15, -0.1) is 0 Å². The molecule has 15 heteroatoms. The summed E-state index contributed by atoms with van der Waals surface area (Å²) in [6, 6.07) is 15.3. The maximum Gasteiger partial charge on any atom is 0.320 e.